The Morgan fingerprint density at radius 1 is 0.964 bits per heavy atom. The molecule has 3 rings (SSSR count). The number of rotatable bonds is 10. The van der Waals surface area contributed by atoms with E-state index in [-0.39, 0.29) is 11.2 Å². The molecule has 0 spiro atoms. The minimum absolute atomic E-state index is 0.0229. The highest BCUT2D eigenvalue weighted by Gasteiger charge is 2.16. The Labute approximate surface area is 174 Å². The third-order valence-electron chi connectivity index (χ3n) is 4.14. The van der Waals surface area contributed by atoms with Crippen molar-refractivity contribution in [3.8, 4) is 0 Å². The van der Waals surface area contributed by atoms with Crippen molar-refractivity contribution in [1.82, 2.24) is 15.5 Å². The van der Waals surface area contributed by atoms with E-state index in [2.05, 4.69) is 45.1 Å². The molecule has 0 radical (unpaired) electrons. The molecule has 146 valence electrons. The van der Waals surface area contributed by atoms with Crippen molar-refractivity contribution < 1.29 is 4.79 Å². The third kappa shape index (κ3) is 6.65. The van der Waals surface area contributed by atoms with Crippen LogP contribution >= 0.6 is 23.1 Å². The zero-order valence-electron chi connectivity index (χ0n) is 15.8. The lowest BCUT2D eigenvalue weighted by molar-refractivity contribution is -0.120. The number of anilines is 1. The van der Waals surface area contributed by atoms with Gasteiger partial charge in [0.05, 0.1) is 5.25 Å². The van der Waals surface area contributed by atoms with E-state index in [0.717, 1.165) is 28.9 Å². The SMILES string of the molecule is CC(Sc1nnc(NCCc2ccccc2)s1)C(=O)NCCc1ccccc1. The maximum atomic E-state index is 12.3. The van der Waals surface area contributed by atoms with Crippen LogP contribution in [0.5, 0.6) is 0 Å². The average molecular weight is 413 g/mol. The highest BCUT2D eigenvalue weighted by atomic mass is 32.2. The number of aromatic nitrogens is 2. The van der Waals surface area contributed by atoms with Gasteiger partial charge in [0.25, 0.3) is 0 Å². The van der Waals surface area contributed by atoms with Crippen LogP contribution in [0.3, 0.4) is 0 Å². The van der Waals surface area contributed by atoms with Crippen LogP contribution in [0.2, 0.25) is 0 Å². The zero-order chi connectivity index (χ0) is 19.6. The number of carbonyl (C=O) groups is 1. The molecule has 0 aliphatic heterocycles. The van der Waals surface area contributed by atoms with E-state index >= 15 is 0 Å². The van der Waals surface area contributed by atoms with Gasteiger partial charge in [-0.25, -0.2) is 0 Å². The second-order valence-corrected chi connectivity index (χ2v) is 8.89. The smallest absolute Gasteiger partial charge is 0.233 e. The van der Waals surface area contributed by atoms with Gasteiger partial charge in [0.2, 0.25) is 11.0 Å². The standard InChI is InChI=1S/C21H24N4OS2/c1-16(19(26)22-14-12-17-8-4-2-5-9-17)27-21-25-24-20(28-21)23-15-13-18-10-6-3-7-11-18/h2-11,16H,12-15H2,1H3,(H,22,26)(H,23,24). The van der Waals surface area contributed by atoms with Crippen molar-refractivity contribution in [3.63, 3.8) is 0 Å². The molecule has 1 unspecified atom stereocenters. The molecule has 0 fully saturated rings. The van der Waals surface area contributed by atoms with Crippen molar-refractivity contribution in [3.05, 3.63) is 71.8 Å². The largest absolute Gasteiger partial charge is 0.360 e. The fraction of sp³-hybridized carbons (Fsp3) is 0.286. The van der Waals surface area contributed by atoms with Gasteiger partial charge in [-0.05, 0) is 30.9 Å². The van der Waals surface area contributed by atoms with E-state index in [0.29, 0.717) is 6.54 Å². The predicted molar refractivity (Wildman–Crippen MR) is 117 cm³/mol. The lowest BCUT2D eigenvalue weighted by atomic mass is 10.1. The van der Waals surface area contributed by atoms with Gasteiger partial charge in [0, 0.05) is 13.1 Å². The summed E-state index contributed by atoms with van der Waals surface area (Å²) in [4.78, 5) is 12.3. The number of thioether (sulfide) groups is 1. The Balaban J connectivity index is 1.37. The van der Waals surface area contributed by atoms with Crippen LogP contribution in [0, 0.1) is 0 Å². The monoisotopic (exact) mass is 412 g/mol. The summed E-state index contributed by atoms with van der Waals surface area (Å²) in [6.45, 7) is 3.33. The summed E-state index contributed by atoms with van der Waals surface area (Å²) in [6.07, 6.45) is 1.77. The van der Waals surface area contributed by atoms with Gasteiger partial charge in [-0.1, -0.05) is 83.8 Å². The first-order valence-electron chi connectivity index (χ1n) is 9.30. The molecule has 2 N–H and O–H groups in total. The molecular weight excluding hydrogens is 388 g/mol. The number of nitrogens with zero attached hydrogens (tertiary/aromatic N) is 2. The number of benzene rings is 2. The molecule has 28 heavy (non-hydrogen) atoms. The fourth-order valence-corrected chi connectivity index (χ4v) is 4.56. The van der Waals surface area contributed by atoms with Crippen LogP contribution in [0.4, 0.5) is 5.13 Å². The lowest BCUT2D eigenvalue weighted by Crippen LogP contribution is -2.32. The summed E-state index contributed by atoms with van der Waals surface area (Å²) >= 11 is 2.93. The second-order valence-electron chi connectivity index (χ2n) is 6.32. The first-order valence-corrected chi connectivity index (χ1v) is 11.0. The van der Waals surface area contributed by atoms with Crippen molar-refractivity contribution in [2.24, 2.45) is 0 Å². The molecule has 1 aromatic heterocycles. The van der Waals surface area contributed by atoms with E-state index in [1.54, 1.807) is 0 Å². The van der Waals surface area contributed by atoms with Gasteiger partial charge in [-0.15, -0.1) is 10.2 Å². The maximum absolute atomic E-state index is 12.3. The topological polar surface area (TPSA) is 66.9 Å². The third-order valence-corrected chi connectivity index (χ3v) is 6.21. The number of carbonyl (C=O) groups excluding carboxylic acids is 1. The lowest BCUT2D eigenvalue weighted by Gasteiger charge is -2.10. The molecule has 0 saturated heterocycles. The van der Waals surface area contributed by atoms with E-state index in [1.165, 1.54) is 34.2 Å². The van der Waals surface area contributed by atoms with Gasteiger partial charge in [0.15, 0.2) is 4.34 Å². The minimum atomic E-state index is -0.208. The van der Waals surface area contributed by atoms with Gasteiger partial charge < -0.3 is 10.6 Å². The summed E-state index contributed by atoms with van der Waals surface area (Å²) in [6, 6.07) is 20.5. The minimum Gasteiger partial charge on any atom is -0.360 e. The maximum Gasteiger partial charge on any atom is 0.233 e. The summed E-state index contributed by atoms with van der Waals surface area (Å²) in [7, 11) is 0. The molecule has 2 aromatic carbocycles. The second kappa shape index (κ2) is 10.8. The van der Waals surface area contributed by atoms with E-state index in [1.807, 2.05) is 43.3 Å². The number of nitrogens with one attached hydrogen (secondary N) is 2. The van der Waals surface area contributed by atoms with Gasteiger partial charge in [-0.3, -0.25) is 4.79 Å². The predicted octanol–water partition coefficient (Wildman–Crippen LogP) is 4.03. The average Bonchev–Trinajstić information content (AvgIpc) is 3.16. The Morgan fingerprint density at radius 3 is 2.21 bits per heavy atom. The fourth-order valence-electron chi connectivity index (χ4n) is 2.61. The molecule has 0 aliphatic rings. The van der Waals surface area contributed by atoms with Crippen molar-refractivity contribution in [2.45, 2.75) is 29.4 Å². The quantitative estimate of drug-likeness (QED) is 0.492. The van der Waals surface area contributed by atoms with Crippen LogP contribution < -0.4 is 10.6 Å². The van der Waals surface area contributed by atoms with Gasteiger partial charge in [-0.2, -0.15) is 0 Å². The molecule has 1 atom stereocenters. The molecule has 1 heterocycles. The molecule has 0 saturated carbocycles. The van der Waals surface area contributed by atoms with Gasteiger partial charge >= 0.3 is 0 Å². The van der Waals surface area contributed by atoms with Crippen LogP contribution in [0.25, 0.3) is 0 Å². The number of hydrogen-bond donors (Lipinski definition) is 2. The number of hydrogen-bond acceptors (Lipinski definition) is 6. The summed E-state index contributed by atoms with van der Waals surface area (Å²) in [5, 5.41) is 15.2. The van der Waals surface area contributed by atoms with E-state index in [4.69, 9.17) is 0 Å². The molecule has 5 nitrogen and oxygen atoms in total. The summed E-state index contributed by atoms with van der Waals surface area (Å²) < 4.78 is 0.799. The van der Waals surface area contributed by atoms with E-state index < -0.39 is 0 Å². The Kier molecular flexibility index (Phi) is 7.87. The normalized spacial score (nSPS) is 11.8. The molecule has 7 heteroatoms. The molecule has 0 aliphatic carbocycles. The van der Waals surface area contributed by atoms with Gasteiger partial charge in [0.1, 0.15) is 0 Å². The zero-order valence-corrected chi connectivity index (χ0v) is 17.4. The highest BCUT2D eigenvalue weighted by Crippen LogP contribution is 2.28. The first-order chi connectivity index (χ1) is 13.7. The molecular formula is C21H24N4OS2. The Morgan fingerprint density at radius 2 is 1.57 bits per heavy atom. The van der Waals surface area contributed by atoms with Crippen molar-refractivity contribution in [2.75, 3.05) is 18.4 Å². The Bertz CT molecular complexity index is 855. The summed E-state index contributed by atoms with van der Waals surface area (Å²) in [5.41, 5.74) is 2.51. The molecule has 3 aromatic rings. The first kappa shape index (κ1) is 20.4. The highest BCUT2D eigenvalue weighted by molar-refractivity contribution is 8.02. The molecule has 0 bridgehead atoms. The molecule has 1 amide bonds. The van der Waals surface area contributed by atoms with Crippen molar-refractivity contribution >= 4 is 34.1 Å². The van der Waals surface area contributed by atoms with Crippen LogP contribution in [-0.4, -0.2) is 34.4 Å². The number of amides is 1. The van der Waals surface area contributed by atoms with Crippen LogP contribution in [-0.2, 0) is 17.6 Å². The Hall–Kier alpha value is -2.38. The van der Waals surface area contributed by atoms with E-state index in [9.17, 15) is 4.79 Å². The van der Waals surface area contributed by atoms with Crippen molar-refractivity contribution in [1.29, 1.82) is 0 Å². The summed E-state index contributed by atoms with van der Waals surface area (Å²) in [5.74, 6) is 0.0229. The van der Waals surface area contributed by atoms with Crippen LogP contribution in [0.15, 0.2) is 65.0 Å². The van der Waals surface area contributed by atoms with Crippen LogP contribution in [0.1, 0.15) is 18.1 Å².